The predicted octanol–water partition coefficient (Wildman–Crippen LogP) is 4.18. The van der Waals surface area contributed by atoms with E-state index in [0.717, 1.165) is 12.0 Å². The highest BCUT2D eigenvalue weighted by Gasteiger charge is 2.39. The molecular formula is C18H17FO2. The van der Waals surface area contributed by atoms with Crippen molar-refractivity contribution in [3.8, 4) is 5.75 Å². The summed E-state index contributed by atoms with van der Waals surface area (Å²) >= 11 is 0. The van der Waals surface area contributed by atoms with E-state index in [9.17, 15) is 9.18 Å². The van der Waals surface area contributed by atoms with Crippen LogP contribution in [-0.2, 0) is 6.42 Å². The van der Waals surface area contributed by atoms with Crippen LogP contribution in [0.2, 0.25) is 0 Å². The Morgan fingerprint density at radius 1 is 1.19 bits per heavy atom. The summed E-state index contributed by atoms with van der Waals surface area (Å²) in [7, 11) is 0. The van der Waals surface area contributed by atoms with E-state index in [-0.39, 0.29) is 12.2 Å². The predicted molar refractivity (Wildman–Crippen MR) is 79.1 cm³/mol. The standard InChI is InChI=1S/C18H17FO2/c1-2-18(11-13-6-4-3-5-7-13)12-16(20)15-10-14(19)8-9-17(15)21-18/h3-10H,2,11-12H2,1H3. The smallest absolute Gasteiger partial charge is 0.170 e. The number of ether oxygens (including phenoxy) is 1. The van der Waals surface area contributed by atoms with Gasteiger partial charge in [-0.25, -0.2) is 4.39 Å². The van der Waals surface area contributed by atoms with Crippen LogP contribution in [0.3, 0.4) is 0 Å². The fourth-order valence-electron chi connectivity index (χ4n) is 2.85. The monoisotopic (exact) mass is 284 g/mol. The highest BCUT2D eigenvalue weighted by atomic mass is 19.1. The summed E-state index contributed by atoms with van der Waals surface area (Å²) in [5.74, 6) is 0.0386. The van der Waals surface area contributed by atoms with Crippen LogP contribution in [0.5, 0.6) is 5.75 Å². The third-order valence-corrected chi connectivity index (χ3v) is 4.06. The van der Waals surface area contributed by atoms with E-state index in [1.54, 1.807) is 6.07 Å². The van der Waals surface area contributed by atoms with Gasteiger partial charge in [-0.05, 0) is 30.2 Å². The molecule has 2 aromatic rings. The van der Waals surface area contributed by atoms with E-state index in [0.29, 0.717) is 17.7 Å². The molecule has 1 aliphatic heterocycles. The van der Waals surface area contributed by atoms with Crippen LogP contribution < -0.4 is 4.74 Å². The molecule has 1 heterocycles. The normalized spacial score (nSPS) is 20.8. The summed E-state index contributed by atoms with van der Waals surface area (Å²) in [6, 6.07) is 14.1. The number of rotatable bonds is 3. The molecular weight excluding hydrogens is 267 g/mol. The first kappa shape index (κ1) is 13.8. The number of ketones is 1. The van der Waals surface area contributed by atoms with Gasteiger partial charge in [0.2, 0.25) is 0 Å². The van der Waals surface area contributed by atoms with Crippen LogP contribution in [0.1, 0.15) is 35.7 Å². The first-order valence-electron chi connectivity index (χ1n) is 7.17. The Morgan fingerprint density at radius 2 is 1.95 bits per heavy atom. The maximum atomic E-state index is 13.3. The second-order valence-electron chi connectivity index (χ2n) is 5.54. The molecule has 21 heavy (non-hydrogen) atoms. The Hall–Kier alpha value is -2.16. The number of hydrogen-bond acceptors (Lipinski definition) is 2. The van der Waals surface area contributed by atoms with Crippen molar-refractivity contribution in [2.45, 2.75) is 31.8 Å². The number of hydrogen-bond donors (Lipinski definition) is 0. The Morgan fingerprint density at radius 3 is 2.67 bits per heavy atom. The van der Waals surface area contributed by atoms with Gasteiger partial charge < -0.3 is 4.74 Å². The van der Waals surface area contributed by atoms with Crippen molar-refractivity contribution in [2.24, 2.45) is 0 Å². The number of carbonyl (C=O) groups is 1. The van der Waals surface area contributed by atoms with Crippen molar-refractivity contribution in [3.05, 3.63) is 65.5 Å². The second-order valence-corrected chi connectivity index (χ2v) is 5.54. The summed E-state index contributed by atoms with van der Waals surface area (Å²) < 4.78 is 19.4. The molecule has 0 amide bonds. The quantitative estimate of drug-likeness (QED) is 0.845. The Labute approximate surface area is 123 Å². The highest BCUT2D eigenvalue weighted by Crippen LogP contribution is 2.37. The topological polar surface area (TPSA) is 26.3 Å². The van der Waals surface area contributed by atoms with Gasteiger partial charge in [-0.2, -0.15) is 0 Å². The lowest BCUT2D eigenvalue weighted by molar-refractivity contribution is 0.0377. The zero-order valence-corrected chi connectivity index (χ0v) is 11.9. The minimum Gasteiger partial charge on any atom is -0.486 e. The third-order valence-electron chi connectivity index (χ3n) is 4.06. The average Bonchev–Trinajstić information content (AvgIpc) is 2.49. The third kappa shape index (κ3) is 2.68. The lowest BCUT2D eigenvalue weighted by Crippen LogP contribution is -2.43. The van der Waals surface area contributed by atoms with Gasteiger partial charge >= 0.3 is 0 Å². The molecule has 0 aliphatic carbocycles. The fraction of sp³-hybridized carbons (Fsp3) is 0.278. The molecule has 0 radical (unpaired) electrons. The molecule has 108 valence electrons. The molecule has 0 bridgehead atoms. The molecule has 0 N–H and O–H groups in total. The molecule has 1 atom stereocenters. The van der Waals surface area contributed by atoms with Crippen LogP contribution in [0.25, 0.3) is 0 Å². The van der Waals surface area contributed by atoms with E-state index >= 15 is 0 Å². The van der Waals surface area contributed by atoms with Crippen LogP contribution >= 0.6 is 0 Å². The largest absolute Gasteiger partial charge is 0.486 e. The molecule has 3 heteroatoms. The van der Waals surface area contributed by atoms with Crippen LogP contribution in [-0.4, -0.2) is 11.4 Å². The zero-order valence-electron chi connectivity index (χ0n) is 11.9. The number of carbonyl (C=O) groups excluding carboxylic acids is 1. The fourth-order valence-corrected chi connectivity index (χ4v) is 2.85. The molecule has 2 aromatic carbocycles. The van der Waals surface area contributed by atoms with Gasteiger partial charge in [0.05, 0.1) is 12.0 Å². The minimum absolute atomic E-state index is 0.0477. The van der Waals surface area contributed by atoms with Crippen molar-refractivity contribution in [1.82, 2.24) is 0 Å². The minimum atomic E-state index is -0.538. The number of fused-ring (bicyclic) bond motifs is 1. The van der Waals surface area contributed by atoms with E-state index in [4.69, 9.17) is 4.74 Å². The molecule has 2 nitrogen and oxygen atoms in total. The zero-order chi connectivity index (χ0) is 14.9. The van der Waals surface area contributed by atoms with Gasteiger partial charge in [-0.15, -0.1) is 0 Å². The lowest BCUT2D eigenvalue weighted by Gasteiger charge is -2.37. The maximum Gasteiger partial charge on any atom is 0.170 e. The van der Waals surface area contributed by atoms with E-state index in [1.807, 2.05) is 37.3 Å². The maximum absolute atomic E-state index is 13.3. The van der Waals surface area contributed by atoms with Crippen molar-refractivity contribution in [1.29, 1.82) is 0 Å². The lowest BCUT2D eigenvalue weighted by atomic mass is 9.83. The van der Waals surface area contributed by atoms with Gasteiger partial charge in [0, 0.05) is 6.42 Å². The van der Waals surface area contributed by atoms with E-state index in [1.165, 1.54) is 12.1 Å². The highest BCUT2D eigenvalue weighted by molar-refractivity contribution is 6.00. The number of benzene rings is 2. The summed E-state index contributed by atoms with van der Waals surface area (Å²) in [6.07, 6.45) is 1.69. The molecule has 0 saturated carbocycles. The van der Waals surface area contributed by atoms with Crippen molar-refractivity contribution in [3.63, 3.8) is 0 Å². The molecule has 0 aromatic heterocycles. The molecule has 0 spiro atoms. The summed E-state index contributed by atoms with van der Waals surface area (Å²) in [4.78, 5) is 12.4. The van der Waals surface area contributed by atoms with Gasteiger partial charge in [0.25, 0.3) is 0 Å². The Bertz CT molecular complexity index is 666. The first-order valence-corrected chi connectivity index (χ1v) is 7.17. The first-order chi connectivity index (χ1) is 10.1. The van der Waals surface area contributed by atoms with Gasteiger partial charge in [-0.3, -0.25) is 4.79 Å². The molecule has 0 fully saturated rings. The summed E-state index contributed by atoms with van der Waals surface area (Å²) in [5.41, 5.74) is 0.952. The summed E-state index contributed by atoms with van der Waals surface area (Å²) in [6.45, 7) is 2.02. The average molecular weight is 284 g/mol. The molecule has 1 unspecified atom stereocenters. The van der Waals surface area contributed by atoms with Crippen LogP contribution in [0, 0.1) is 5.82 Å². The van der Waals surface area contributed by atoms with Crippen LogP contribution in [0.15, 0.2) is 48.5 Å². The molecule has 3 rings (SSSR count). The van der Waals surface area contributed by atoms with Crippen molar-refractivity contribution >= 4 is 5.78 Å². The molecule has 1 aliphatic rings. The van der Waals surface area contributed by atoms with Crippen molar-refractivity contribution < 1.29 is 13.9 Å². The van der Waals surface area contributed by atoms with Gasteiger partial charge in [-0.1, -0.05) is 37.3 Å². The van der Waals surface area contributed by atoms with Crippen molar-refractivity contribution in [2.75, 3.05) is 0 Å². The Balaban J connectivity index is 1.94. The van der Waals surface area contributed by atoms with E-state index in [2.05, 4.69) is 0 Å². The summed E-state index contributed by atoms with van der Waals surface area (Å²) in [5, 5.41) is 0. The number of halogens is 1. The second kappa shape index (κ2) is 5.32. The van der Waals surface area contributed by atoms with Gasteiger partial charge in [0.15, 0.2) is 5.78 Å². The Kier molecular flexibility index (Phi) is 3.50. The molecule has 0 saturated heterocycles. The SMILES string of the molecule is CCC1(Cc2ccccc2)CC(=O)c2cc(F)ccc2O1. The number of Topliss-reactive ketones (excluding diaryl/α,β-unsaturated/α-hetero) is 1. The van der Waals surface area contributed by atoms with Gasteiger partial charge in [0.1, 0.15) is 17.2 Å². The van der Waals surface area contributed by atoms with E-state index < -0.39 is 11.4 Å². The van der Waals surface area contributed by atoms with Crippen LogP contribution in [0.4, 0.5) is 4.39 Å².